The number of rotatable bonds is 4. The summed E-state index contributed by atoms with van der Waals surface area (Å²) in [6.45, 7) is 3.58. The summed E-state index contributed by atoms with van der Waals surface area (Å²) < 4.78 is 0.796. The molecule has 100 valence electrons. The van der Waals surface area contributed by atoms with Crippen LogP contribution in [-0.4, -0.2) is 5.91 Å². The van der Waals surface area contributed by atoms with Crippen LogP contribution in [0.4, 0.5) is 11.4 Å². The Kier molecular flexibility index (Phi) is 4.45. The zero-order chi connectivity index (χ0) is 13.8. The van der Waals surface area contributed by atoms with Gasteiger partial charge in [0, 0.05) is 24.3 Å². The van der Waals surface area contributed by atoms with Crippen molar-refractivity contribution in [1.29, 1.82) is 0 Å². The van der Waals surface area contributed by atoms with Gasteiger partial charge in [0.05, 0.1) is 4.34 Å². The maximum atomic E-state index is 10.9. The van der Waals surface area contributed by atoms with Crippen LogP contribution in [0.5, 0.6) is 0 Å². The van der Waals surface area contributed by atoms with E-state index in [1.54, 1.807) is 0 Å². The fourth-order valence-electron chi connectivity index (χ4n) is 1.74. The van der Waals surface area contributed by atoms with Gasteiger partial charge in [0.2, 0.25) is 5.91 Å². The van der Waals surface area contributed by atoms with Crippen molar-refractivity contribution in [2.24, 2.45) is 0 Å². The van der Waals surface area contributed by atoms with Crippen molar-refractivity contribution in [3.63, 3.8) is 0 Å². The Morgan fingerprint density at radius 2 is 1.89 bits per heavy atom. The second kappa shape index (κ2) is 6.08. The first-order chi connectivity index (χ1) is 9.04. The lowest BCUT2D eigenvalue weighted by Gasteiger charge is -2.14. The molecule has 2 aromatic rings. The molecule has 0 bridgehead atoms. The third-order valence-corrected chi connectivity index (χ3v) is 3.79. The molecule has 1 amide bonds. The van der Waals surface area contributed by atoms with Gasteiger partial charge in [0.15, 0.2) is 0 Å². The van der Waals surface area contributed by atoms with Crippen molar-refractivity contribution >= 4 is 40.2 Å². The van der Waals surface area contributed by atoms with Gasteiger partial charge in [-0.25, -0.2) is 0 Å². The minimum Gasteiger partial charge on any atom is -0.378 e. The largest absolute Gasteiger partial charge is 0.378 e. The molecule has 0 fully saturated rings. The topological polar surface area (TPSA) is 41.1 Å². The molecule has 1 heterocycles. The molecule has 0 aliphatic heterocycles. The van der Waals surface area contributed by atoms with E-state index in [0.717, 1.165) is 15.7 Å². The first-order valence-corrected chi connectivity index (χ1v) is 7.18. The van der Waals surface area contributed by atoms with Crippen LogP contribution in [-0.2, 0) is 4.79 Å². The molecule has 1 unspecified atom stereocenters. The molecule has 0 aliphatic carbocycles. The van der Waals surface area contributed by atoms with Crippen molar-refractivity contribution in [3.05, 3.63) is 45.6 Å². The number of anilines is 2. The summed E-state index contributed by atoms with van der Waals surface area (Å²) in [5.41, 5.74) is 2.97. The number of thiophene rings is 1. The predicted octanol–water partition coefficient (Wildman–Crippen LogP) is 4.53. The Morgan fingerprint density at radius 3 is 2.42 bits per heavy atom. The summed E-state index contributed by atoms with van der Waals surface area (Å²) >= 11 is 7.46. The monoisotopic (exact) mass is 294 g/mol. The van der Waals surface area contributed by atoms with Crippen LogP contribution < -0.4 is 10.6 Å². The minimum atomic E-state index is -0.0676. The van der Waals surface area contributed by atoms with Gasteiger partial charge in [0.25, 0.3) is 0 Å². The van der Waals surface area contributed by atoms with Gasteiger partial charge in [-0.15, -0.1) is 11.3 Å². The average Bonchev–Trinajstić information content (AvgIpc) is 2.78. The Labute approximate surface area is 121 Å². The zero-order valence-corrected chi connectivity index (χ0v) is 12.3. The third-order valence-electron chi connectivity index (χ3n) is 2.68. The van der Waals surface area contributed by atoms with E-state index in [0.29, 0.717) is 0 Å². The highest BCUT2D eigenvalue weighted by Crippen LogP contribution is 2.27. The van der Waals surface area contributed by atoms with Gasteiger partial charge >= 0.3 is 0 Å². The second-order valence-corrected chi connectivity index (χ2v) is 5.85. The summed E-state index contributed by atoms with van der Waals surface area (Å²) in [5.74, 6) is -0.0676. The first kappa shape index (κ1) is 13.9. The van der Waals surface area contributed by atoms with E-state index in [2.05, 4.69) is 17.6 Å². The number of benzene rings is 1. The fourth-order valence-corrected chi connectivity index (χ4v) is 2.72. The molecule has 2 N–H and O–H groups in total. The van der Waals surface area contributed by atoms with E-state index in [9.17, 15) is 4.79 Å². The van der Waals surface area contributed by atoms with Crippen molar-refractivity contribution in [2.45, 2.75) is 19.9 Å². The first-order valence-electron chi connectivity index (χ1n) is 5.93. The molecule has 19 heavy (non-hydrogen) atoms. The molecule has 0 aliphatic rings. The number of halogens is 1. The zero-order valence-electron chi connectivity index (χ0n) is 10.7. The lowest BCUT2D eigenvalue weighted by Crippen LogP contribution is -2.07. The highest BCUT2D eigenvalue weighted by Gasteiger charge is 2.07. The van der Waals surface area contributed by atoms with Crippen LogP contribution in [0, 0.1) is 0 Å². The molecule has 1 aromatic heterocycles. The number of amides is 1. The number of carbonyl (C=O) groups is 1. The molecule has 0 radical (unpaired) electrons. The van der Waals surface area contributed by atoms with Crippen molar-refractivity contribution in [3.8, 4) is 0 Å². The van der Waals surface area contributed by atoms with E-state index in [1.165, 1.54) is 23.8 Å². The van der Waals surface area contributed by atoms with Gasteiger partial charge in [-0.2, -0.15) is 0 Å². The van der Waals surface area contributed by atoms with Crippen LogP contribution in [0.2, 0.25) is 4.34 Å². The van der Waals surface area contributed by atoms with Gasteiger partial charge in [0.1, 0.15) is 0 Å². The summed E-state index contributed by atoms with van der Waals surface area (Å²) in [5, 5.41) is 8.17. The van der Waals surface area contributed by atoms with Crippen LogP contribution >= 0.6 is 22.9 Å². The second-order valence-electron chi connectivity index (χ2n) is 4.31. The highest BCUT2D eigenvalue weighted by atomic mass is 35.5. The quantitative estimate of drug-likeness (QED) is 0.869. The molecule has 1 aromatic carbocycles. The fraction of sp³-hybridized carbons (Fsp3) is 0.214. The molecule has 3 nitrogen and oxygen atoms in total. The number of carbonyl (C=O) groups excluding carboxylic acids is 1. The molecule has 0 spiro atoms. The SMILES string of the molecule is CC(=O)Nc1ccc(NC(C)c2csc(Cl)c2)cc1. The Morgan fingerprint density at radius 1 is 1.26 bits per heavy atom. The van der Waals surface area contributed by atoms with Gasteiger partial charge in [-0.05, 0) is 48.2 Å². The van der Waals surface area contributed by atoms with E-state index >= 15 is 0 Å². The molecule has 2 rings (SSSR count). The summed E-state index contributed by atoms with van der Waals surface area (Å²) in [4.78, 5) is 10.9. The molecule has 0 saturated heterocycles. The Bertz CT molecular complexity index is 565. The predicted molar refractivity (Wildman–Crippen MR) is 82.1 cm³/mol. The third kappa shape index (κ3) is 3.98. The van der Waals surface area contributed by atoms with Gasteiger partial charge < -0.3 is 10.6 Å². The summed E-state index contributed by atoms with van der Waals surface area (Å²) in [6.07, 6.45) is 0. The molecule has 0 saturated carbocycles. The van der Waals surface area contributed by atoms with Crippen LogP contribution in [0.15, 0.2) is 35.7 Å². The standard InChI is InChI=1S/C14H15ClN2OS/c1-9(11-7-14(15)19-8-11)16-12-3-5-13(6-4-12)17-10(2)18/h3-9,16H,1-2H3,(H,17,18). The van der Waals surface area contributed by atoms with Crippen molar-refractivity contribution < 1.29 is 4.79 Å². The molecule has 5 heteroatoms. The molecular weight excluding hydrogens is 280 g/mol. The number of hydrogen-bond acceptors (Lipinski definition) is 3. The minimum absolute atomic E-state index is 0.0676. The van der Waals surface area contributed by atoms with Crippen molar-refractivity contribution in [2.75, 3.05) is 10.6 Å². The van der Waals surface area contributed by atoms with E-state index in [1.807, 2.05) is 35.7 Å². The van der Waals surface area contributed by atoms with Crippen LogP contribution in [0.25, 0.3) is 0 Å². The van der Waals surface area contributed by atoms with Gasteiger partial charge in [-0.1, -0.05) is 11.6 Å². The Hall–Kier alpha value is -1.52. The number of hydrogen-bond donors (Lipinski definition) is 2. The average molecular weight is 295 g/mol. The van der Waals surface area contributed by atoms with E-state index < -0.39 is 0 Å². The Balaban J connectivity index is 2.01. The van der Waals surface area contributed by atoms with Crippen LogP contribution in [0.1, 0.15) is 25.5 Å². The van der Waals surface area contributed by atoms with Gasteiger partial charge in [-0.3, -0.25) is 4.79 Å². The molecular formula is C14H15ClN2OS. The molecule has 1 atom stereocenters. The van der Waals surface area contributed by atoms with Crippen LogP contribution in [0.3, 0.4) is 0 Å². The summed E-state index contributed by atoms with van der Waals surface area (Å²) in [7, 11) is 0. The lowest BCUT2D eigenvalue weighted by atomic mass is 10.1. The van der Waals surface area contributed by atoms with Crippen molar-refractivity contribution in [1.82, 2.24) is 0 Å². The lowest BCUT2D eigenvalue weighted by molar-refractivity contribution is -0.114. The van der Waals surface area contributed by atoms with E-state index in [-0.39, 0.29) is 11.9 Å². The number of nitrogens with one attached hydrogen (secondary N) is 2. The highest BCUT2D eigenvalue weighted by molar-refractivity contribution is 7.14. The maximum absolute atomic E-state index is 10.9. The summed E-state index contributed by atoms with van der Waals surface area (Å²) in [6, 6.07) is 9.78. The normalized spacial score (nSPS) is 11.9. The maximum Gasteiger partial charge on any atom is 0.221 e. The smallest absolute Gasteiger partial charge is 0.221 e. The van der Waals surface area contributed by atoms with E-state index in [4.69, 9.17) is 11.6 Å².